The number of nitrogen functional groups attached to an aromatic ring is 1. The Balaban J connectivity index is 2.07. The Hall–Kier alpha value is -3.36. The van der Waals surface area contributed by atoms with Crippen LogP contribution in [-0.2, 0) is 16.1 Å². The number of carbonyl (C=O) groups excluding carboxylic acids is 2. The molecule has 3 N–H and O–H groups in total. The number of benzene rings is 1. The SMILES string of the molecule is CCCn1c(N)c(C(=O)COC(=O)[C@@H](C)Oc2cccc(C)c2)c(=O)[nH]c1=O. The van der Waals surface area contributed by atoms with Gasteiger partial charge in [-0.25, -0.2) is 9.59 Å². The molecule has 0 aliphatic carbocycles. The Morgan fingerprint density at radius 3 is 2.64 bits per heavy atom. The number of carbonyl (C=O) groups is 2. The normalized spacial score (nSPS) is 11.7. The van der Waals surface area contributed by atoms with Crippen molar-refractivity contribution in [2.45, 2.75) is 39.8 Å². The molecular formula is C19H23N3O6. The molecular weight excluding hydrogens is 366 g/mol. The number of anilines is 1. The summed E-state index contributed by atoms with van der Waals surface area (Å²) in [5, 5.41) is 0. The number of H-pyrrole nitrogens is 1. The predicted octanol–water partition coefficient (Wildman–Crippen LogP) is 1.03. The average Bonchev–Trinajstić information content (AvgIpc) is 2.63. The lowest BCUT2D eigenvalue weighted by Crippen LogP contribution is -2.37. The molecule has 2 aromatic rings. The fourth-order valence-electron chi connectivity index (χ4n) is 2.57. The van der Waals surface area contributed by atoms with Gasteiger partial charge in [-0.2, -0.15) is 0 Å². The zero-order chi connectivity index (χ0) is 20.8. The van der Waals surface area contributed by atoms with E-state index in [1.54, 1.807) is 18.2 Å². The number of nitrogens with two attached hydrogens (primary N) is 1. The smallest absolute Gasteiger partial charge is 0.347 e. The second-order valence-corrected chi connectivity index (χ2v) is 6.28. The number of nitrogens with zero attached hydrogens (tertiary/aromatic N) is 1. The summed E-state index contributed by atoms with van der Waals surface area (Å²) >= 11 is 0. The number of ketones is 1. The number of aromatic amines is 1. The topological polar surface area (TPSA) is 133 Å². The lowest BCUT2D eigenvalue weighted by molar-refractivity contribution is -0.149. The van der Waals surface area contributed by atoms with E-state index in [2.05, 4.69) is 0 Å². The molecule has 150 valence electrons. The van der Waals surface area contributed by atoms with Crippen LogP contribution in [0.3, 0.4) is 0 Å². The monoisotopic (exact) mass is 389 g/mol. The summed E-state index contributed by atoms with van der Waals surface area (Å²) in [5.41, 5.74) is 4.75. The van der Waals surface area contributed by atoms with Crippen molar-refractivity contribution in [3.8, 4) is 5.75 Å². The maximum atomic E-state index is 12.4. The largest absolute Gasteiger partial charge is 0.479 e. The van der Waals surface area contributed by atoms with Crippen LogP contribution in [0.4, 0.5) is 5.82 Å². The third kappa shape index (κ3) is 4.87. The quantitative estimate of drug-likeness (QED) is 0.509. The van der Waals surface area contributed by atoms with E-state index in [4.69, 9.17) is 15.2 Å². The van der Waals surface area contributed by atoms with Crippen molar-refractivity contribution < 1.29 is 19.1 Å². The number of aromatic nitrogens is 2. The Labute approximate surface area is 161 Å². The van der Waals surface area contributed by atoms with Gasteiger partial charge in [0.1, 0.15) is 17.1 Å². The second kappa shape index (κ2) is 9.03. The Kier molecular flexibility index (Phi) is 6.75. The van der Waals surface area contributed by atoms with E-state index in [0.29, 0.717) is 12.2 Å². The van der Waals surface area contributed by atoms with E-state index in [1.165, 1.54) is 6.92 Å². The predicted molar refractivity (Wildman–Crippen MR) is 103 cm³/mol. The van der Waals surface area contributed by atoms with Crippen molar-refractivity contribution in [2.75, 3.05) is 12.3 Å². The van der Waals surface area contributed by atoms with Crippen LogP contribution in [0.2, 0.25) is 0 Å². The van der Waals surface area contributed by atoms with E-state index in [-0.39, 0.29) is 12.4 Å². The van der Waals surface area contributed by atoms with Gasteiger partial charge in [0.15, 0.2) is 12.7 Å². The van der Waals surface area contributed by atoms with Crippen LogP contribution in [0.5, 0.6) is 5.75 Å². The number of ether oxygens (including phenoxy) is 2. The van der Waals surface area contributed by atoms with Gasteiger partial charge in [-0.1, -0.05) is 19.1 Å². The Morgan fingerprint density at radius 2 is 2.00 bits per heavy atom. The first kappa shape index (κ1) is 20.9. The van der Waals surface area contributed by atoms with Crippen LogP contribution < -0.4 is 21.7 Å². The lowest BCUT2D eigenvalue weighted by Gasteiger charge is -2.15. The van der Waals surface area contributed by atoms with E-state index >= 15 is 0 Å². The summed E-state index contributed by atoms with van der Waals surface area (Å²) in [6, 6.07) is 7.12. The van der Waals surface area contributed by atoms with Gasteiger partial charge in [0, 0.05) is 6.54 Å². The molecule has 9 nitrogen and oxygen atoms in total. The highest BCUT2D eigenvalue weighted by molar-refractivity contribution is 6.01. The number of hydrogen-bond donors (Lipinski definition) is 2. The van der Waals surface area contributed by atoms with Crippen molar-refractivity contribution in [3.05, 3.63) is 56.2 Å². The van der Waals surface area contributed by atoms with Gasteiger partial charge >= 0.3 is 11.7 Å². The molecule has 0 amide bonds. The summed E-state index contributed by atoms with van der Waals surface area (Å²) in [7, 11) is 0. The lowest BCUT2D eigenvalue weighted by atomic mass is 10.2. The molecule has 0 radical (unpaired) electrons. The van der Waals surface area contributed by atoms with Gasteiger partial charge in [-0.3, -0.25) is 19.1 Å². The number of hydrogen-bond acceptors (Lipinski definition) is 7. The molecule has 9 heteroatoms. The molecule has 1 aromatic carbocycles. The van der Waals surface area contributed by atoms with Gasteiger partial charge < -0.3 is 15.2 Å². The van der Waals surface area contributed by atoms with Crippen LogP contribution in [0.25, 0.3) is 0 Å². The molecule has 2 rings (SSSR count). The standard InChI is InChI=1S/C19H23N3O6/c1-4-8-22-16(20)15(17(24)21-19(22)26)14(23)10-27-18(25)12(3)28-13-7-5-6-11(2)9-13/h5-7,9,12H,4,8,10,20H2,1-3H3,(H,21,24,26)/t12-/m1/s1. The van der Waals surface area contributed by atoms with Crippen molar-refractivity contribution in [2.24, 2.45) is 0 Å². The molecule has 0 saturated heterocycles. The average molecular weight is 389 g/mol. The van der Waals surface area contributed by atoms with Crippen molar-refractivity contribution in [3.63, 3.8) is 0 Å². The molecule has 28 heavy (non-hydrogen) atoms. The minimum absolute atomic E-state index is 0.239. The highest BCUT2D eigenvalue weighted by atomic mass is 16.6. The molecule has 0 saturated carbocycles. The number of aryl methyl sites for hydroxylation is 1. The summed E-state index contributed by atoms with van der Waals surface area (Å²) < 4.78 is 11.5. The Bertz CT molecular complexity index is 992. The zero-order valence-electron chi connectivity index (χ0n) is 16.0. The molecule has 1 aromatic heterocycles. The fraction of sp³-hybridized carbons (Fsp3) is 0.368. The van der Waals surface area contributed by atoms with Gasteiger partial charge in [-0.15, -0.1) is 0 Å². The second-order valence-electron chi connectivity index (χ2n) is 6.28. The highest BCUT2D eigenvalue weighted by Gasteiger charge is 2.23. The Morgan fingerprint density at radius 1 is 1.29 bits per heavy atom. The molecule has 0 aliphatic heterocycles. The van der Waals surface area contributed by atoms with E-state index in [0.717, 1.165) is 10.1 Å². The van der Waals surface area contributed by atoms with Crippen molar-refractivity contribution in [1.29, 1.82) is 0 Å². The molecule has 0 spiro atoms. The summed E-state index contributed by atoms with van der Waals surface area (Å²) in [6.45, 7) is 4.73. The third-order valence-corrected chi connectivity index (χ3v) is 3.95. The molecule has 0 bridgehead atoms. The zero-order valence-corrected chi connectivity index (χ0v) is 16.0. The maximum absolute atomic E-state index is 12.4. The molecule has 0 aliphatic rings. The number of rotatable bonds is 8. The molecule has 0 fully saturated rings. The molecule has 0 unspecified atom stereocenters. The molecule has 1 heterocycles. The minimum Gasteiger partial charge on any atom is -0.479 e. The van der Waals surface area contributed by atoms with E-state index in [9.17, 15) is 19.2 Å². The van der Waals surface area contributed by atoms with Crippen molar-refractivity contribution >= 4 is 17.6 Å². The molecule has 1 atom stereocenters. The summed E-state index contributed by atoms with van der Waals surface area (Å²) in [6.07, 6.45) is -0.383. The van der Waals surface area contributed by atoms with Gasteiger partial charge in [0.25, 0.3) is 5.56 Å². The summed E-state index contributed by atoms with van der Waals surface area (Å²) in [5.74, 6) is -1.34. The van der Waals surface area contributed by atoms with Crippen LogP contribution >= 0.6 is 0 Å². The maximum Gasteiger partial charge on any atom is 0.347 e. The van der Waals surface area contributed by atoms with E-state index < -0.39 is 41.3 Å². The summed E-state index contributed by atoms with van der Waals surface area (Å²) in [4.78, 5) is 50.3. The first-order valence-corrected chi connectivity index (χ1v) is 8.80. The van der Waals surface area contributed by atoms with Gasteiger partial charge in [0.2, 0.25) is 5.78 Å². The highest BCUT2D eigenvalue weighted by Crippen LogP contribution is 2.15. The van der Waals surface area contributed by atoms with Gasteiger partial charge in [-0.05, 0) is 38.0 Å². The number of nitrogens with one attached hydrogen (secondary N) is 1. The number of esters is 1. The minimum atomic E-state index is -0.959. The van der Waals surface area contributed by atoms with Crippen LogP contribution in [0, 0.1) is 6.92 Å². The third-order valence-electron chi connectivity index (χ3n) is 3.95. The van der Waals surface area contributed by atoms with Gasteiger partial charge in [0.05, 0.1) is 0 Å². The first-order valence-electron chi connectivity index (χ1n) is 8.80. The van der Waals surface area contributed by atoms with Crippen LogP contribution in [0.15, 0.2) is 33.9 Å². The van der Waals surface area contributed by atoms with E-state index in [1.807, 2.05) is 24.9 Å². The van der Waals surface area contributed by atoms with Crippen LogP contribution in [0.1, 0.15) is 36.2 Å². The van der Waals surface area contributed by atoms with Crippen LogP contribution in [-0.4, -0.2) is 34.0 Å². The fourth-order valence-corrected chi connectivity index (χ4v) is 2.57. The van der Waals surface area contributed by atoms with Crippen molar-refractivity contribution in [1.82, 2.24) is 9.55 Å². The first-order chi connectivity index (χ1) is 13.2. The number of Topliss-reactive ketones (excluding diaryl/α,β-unsaturated/α-hetero) is 1.